The SMILES string of the molecule is CCC(C)CCC(C)C1CCC2C3CCC4CC(c5ccc(OCc6ccc(N)cc6)cc5)(c5ccc(OCc6ccc(N)cc6)cc5)CCC4(C)C3CCC12C. The van der Waals surface area contributed by atoms with Crippen molar-refractivity contribution in [3.8, 4) is 11.5 Å². The molecule has 304 valence electrons. The topological polar surface area (TPSA) is 70.5 Å². The Hall–Kier alpha value is -3.92. The Morgan fingerprint density at radius 1 is 0.596 bits per heavy atom. The van der Waals surface area contributed by atoms with Crippen LogP contribution in [0.3, 0.4) is 0 Å². The number of nitrogens with two attached hydrogens (primary N) is 2. The van der Waals surface area contributed by atoms with E-state index in [1.165, 1.54) is 88.2 Å². The minimum absolute atomic E-state index is 0.0469. The molecule has 4 nitrogen and oxygen atoms in total. The highest BCUT2D eigenvalue weighted by Crippen LogP contribution is 2.70. The van der Waals surface area contributed by atoms with Crippen molar-refractivity contribution in [1.29, 1.82) is 0 Å². The van der Waals surface area contributed by atoms with Crippen LogP contribution in [0.25, 0.3) is 0 Å². The number of rotatable bonds is 13. The van der Waals surface area contributed by atoms with E-state index in [1.54, 1.807) is 0 Å². The van der Waals surface area contributed by atoms with Gasteiger partial charge >= 0.3 is 0 Å². The number of anilines is 2. The predicted octanol–water partition coefficient (Wildman–Crippen LogP) is 13.4. The molecule has 0 heterocycles. The van der Waals surface area contributed by atoms with Crippen molar-refractivity contribution < 1.29 is 9.47 Å². The molecule has 0 amide bonds. The number of fused-ring (bicyclic) bond motifs is 5. The lowest BCUT2D eigenvalue weighted by atomic mass is 9.42. The molecular formula is C53H70N2O2. The normalized spacial score (nSPS) is 30.0. The fourth-order valence-corrected chi connectivity index (χ4v) is 13.2. The molecule has 0 spiro atoms. The summed E-state index contributed by atoms with van der Waals surface area (Å²) in [5.41, 5.74) is 19.4. The van der Waals surface area contributed by atoms with Gasteiger partial charge in [-0.3, -0.25) is 0 Å². The van der Waals surface area contributed by atoms with Gasteiger partial charge in [-0.15, -0.1) is 0 Å². The van der Waals surface area contributed by atoms with Gasteiger partial charge < -0.3 is 20.9 Å². The third-order valence-electron chi connectivity index (χ3n) is 16.9. The van der Waals surface area contributed by atoms with Crippen LogP contribution < -0.4 is 20.9 Å². The molecule has 4 aliphatic carbocycles. The standard InChI is InChI=1S/C53H70N2O2/c1-6-36(2)7-8-37(3)48-27-28-49-47-26-17-42-33-53(32-31-51(42,4)50(47)29-30-52(48,49)5,40-13-22-45(23-14-40)56-34-38-9-18-43(54)19-10-38)41-15-24-46(25-16-41)57-35-39-11-20-44(55)21-12-39/h9-16,18-25,36-37,42,47-50H,6-8,17,26-35,54-55H2,1-5H3. The second-order valence-electron chi connectivity index (χ2n) is 19.8. The van der Waals surface area contributed by atoms with Crippen molar-refractivity contribution in [3.05, 3.63) is 119 Å². The average molecular weight is 767 g/mol. The molecule has 0 aliphatic heterocycles. The molecule has 4 aliphatic rings. The summed E-state index contributed by atoms with van der Waals surface area (Å²) in [6.45, 7) is 14.0. The number of hydrogen-bond donors (Lipinski definition) is 2. The fourth-order valence-electron chi connectivity index (χ4n) is 13.2. The monoisotopic (exact) mass is 767 g/mol. The van der Waals surface area contributed by atoms with E-state index in [0.29, 0.717) is 30.0 Å². The maximum atomic E-state index is 6.29. The van der Waals surface area contributed by atoms with E-state index in [0.717, 1.165) is 69.5 Å². The summed E-state index contributed by atoms with van der Waals surface area (Å²) in [5, 5.41) is 0. The zero-order chi connectivity index (χ0) is 39.8. The molecular weight excluding hydrogens is 697 g/mol. The minimum atomic E-state index is -0.0469. The summed E-state index contributed by atoms with van der Waals surface area (Å²) in [6.07, 6.45) is 16.4. The number of nitrogen functional groups attached to an aromatic ring is 2. The summed E-state index contributed by atoms with van der Waals surface area (Å²) >= 11 is 0. The molecule has 4 aromatic rings. The Balaban J connectivity index is 1.02. The molecule has 4 saturated carbocycles. The van der Waals surface area contributed by atoms with Gasteiger partial charge in [0.15, 0.2) is 0 Å². The highest BCUT2D eigenvalue weighted by molar-refractivity contribution is 5.45. The number of benzene rings is 4. The van der Waals surface area contributed by atoms with Gasteiger partial charge in [0.05, 0.1) is 0 Å². The molecule has 4 aromatic carbocycles. The molecule has 4 heteroatoms. The molecule has 4 N–H and O–H groups in total. The second-order valence-corrected chi connectivity index (χ2v) is 19.8. The highest BCUT2D eigenvalue weighted by atomic mass is 16.5. The Morgan fingerprint density at radius 3 is 1.68 bits per heavy atom. The van der Waals surface area contributed by atoms with Crippen molar-refractivity contribution >= 4 is 11.4 Å². The van der Waals surface area contributed by atoms with Gasteiger partial charge in [-0.05, 0) is 181 Å². The van der Waals surface area contributed by atoms with Gasteiger partial charge in [-0.1, -0.05) is 102 Å². The molecule has 9 unspecified atom stereocenters. The first-order chi connectivity index (χ1) is 27.5. The highest BCUT2D eigenvalue weighted by Gasteiger charge is 2.62. The smallest absolute Gasteiger partial charge is 0.119 e. The summed E-state index contributed by atoms with van der Waals surface area (Å²) < 4.78 is 12.6. The van der Waals surface area contributed by atoms with E-state index in [4.69, 9.17) is 20.9 Å². The lowest BCUT2D eigenvalue weighted by Crippen LogP contribution is -2.55. The van der Waals surface area contributed by atoms with Crippen LogP contribution in [0.2, 0.25) is 0 Å². The van der Waals surface area contributed by atoms with E-state index in [9.17, 15) is 0 Å². The van der Waals surface area contributed by atoms with Crippen molar-refractivity contribution in [2.75, 3.05) is 11.5 Å². The number of hydrogen-bond acceptors (Lipinski definition) is 4. The Morgan fingerprint density at radius 2 is 1.14 bits per heavy atom. The van der Waals surface area contributed by atoms with Crippen LogP contribution in [0.5, 0.6) is 11.5 Å². The van der Waals surface area contributed by atoms with Crippen LogP contribution in [0, 0.1) is 52.3 Å². The molecule has 0 bridgehead atoms. The summed E-state index contributed by atoms with van der Waals surface area (Å²) in [5.74, 6) is 7.84. The molecule has 0 radical (unpaired) electrons. The fraction of sp³-hybridized carbons (Fsp3) is 0.547. The van der Waals surface area contributed by atoms with Crippen molar-refractivity contribution in [2.45, 2.75) is 130 Å². The second kappa shape index (κ2) is 16.4. The maximum Gasteiger partial charge on any atom is 0.119 e. The lowest BCUT2D eigenvalue weighted by molar-refractivity contribution is -0.122. The Kier molecular flexibility index (Phi) is 11.5. The molecule has 4 fully saturated rings. The van der Waals surface area contributed by atoms with Crippen molar-refractivity contribution in [2.24, 2.45) is 52.3 Å². The van der Waals surface area contributed by atoms with Crippen molar-refractivity contribution in [1.82, 2.24) is 0 Å². The number of ether oxygens (including phenoxy) is 2. The van der Waals surface area contributed by atoms with Gasteiger partial charge in [0.1, 0.15) is 24.7 Å². The molecule has 8 rings (SSSR count). The van der Waals surface area contributed by atoms with E-state index in [2.05, 4.69) is 83.1 Å². The van der Waals surface area contributed by atoms with Gasteiger partial charge in [-0.25, -0.2) is 0 Å². The lowest BCUT2D eigenvalue weighted by Gasteiger charge is -2.63. The van der Waals surface area contributed by atoms with Gasteiger partial charge in [0.2, 0.25) is 0 Å². The van der Waals surface area contributed by atoms with Crippen molar-refractivity contribution in [3.63, 3.8) is 0 Å². The Labute approximate surface area is 344 Å². The summed E-state index contributed by atoms with van der Waals surface area (Å²) in [6, 6.07) is 34.2. The molecule has 9 atom stereocenters. The van der Waals surface area contributed by atoms with Gasteiger partial charge in [0, 0.05) is 16.8 Å². The first kappa shape index (κ1) is 39.9. The maximum absolute atomic E-state index is 6.29. The van der Waals surface area contributed by atoms with E-state index >= 15 is 0 Å². The first-order valence-corrected chi connectivity index (χ1v) is 22.7. The third kappa shape index (κ3) is 7.84. The zero-order valence-corrected chi connectivity index (χ0v) is 35.6. The minimum Gasteiger partial charge on any atom is -0.489 e. The molecule has 57 heavy (non-hydrogen) atoms. The summed E-state index contributed by atoms with van der Waals surface area (Å²) in [4.78, 5) is 0. The van der Waals surface area contributed by atoms with E-state index in [-0.39, 0.29) is 5.41 Å². The zero-order valence-electron chi connectivity index (χ0n) is 35.6. The van der Waals surface area contributed by atoms with Crippen LogP contribution in [0.4, 0.5) is 11.4 Å². The van der Waals surface area contributed by atoms with Crippen LogP contribution in [0.15, 0.2) is 97.1 Å². The van der Waals surface area contributed by atoms with E-state index in [1.807, 2.05) is 48.5 Å². The van der Waals surface area contributed by atoms with Crippen LogP contribution in [-0.2, 0) is 18.6 Å². The summed E-state index contributed by atoms with van der Waals surface area (Å²) in [7, 11) is 0. The molecule has 0 aromatic heterocycles. The van der Waals surface area contributed by atoms with Crippen LogP contribution in [-0.4, -0.2) is 0 Å². The van der Waals surface area contributed by atoms with Gasteiger partial charge in [-0.2, -0.15) is 0 Å². The van der Waals surface area contributed by atoms with Crippen LogP contribution in [0.1, 0.15) is 134 Å². The van der Waals surface area contributed by atoms with Crippen LogP contribution >= 0.6 is 0 Å². The third-order valence-corrected chi connectivity index (χ3v) is 16.9. The van der Waals surface area contributed by atoms with Gasteiger partial charge in [0.25, 0.3) is 0 Å². The Bertz CT molecular complexity index is 1830. The predicted molar refractivity (Wildman–Crippen MR) is 237 cm³/mol. The molecule has 0 saturated heterocycles. The quantitative estimate of drug-likeness (QED) is 0.133. The van der Waals surface area contributed by atoms with E-state index < -0.39 is 0 Å². The average Bonchev–Trinajstić information content (AvgIpc) is 3.60. The largest absolute Gasteiger partial charge is 0.489 e. The first-order valence-electron chi connectivity index (χ1n) is 22.7.